The van der Waals surface area contributed by atoms with Crippen LogP contribution in [0.5, 0.6) is 0 Å². The van der Waals surface area contributed by atoms with Crippen molar-refractivity contribution in [3.05, 3.63) is 53.0 Å². The minimum Gasteiger partial charge on any atom is -0.347 e. The summed E-state index contributed by atoms with van der Waals surface area (Å²) >= 11 is 0. The number of amides is 1. The van der Waals surface area contributed by atoms with E-state index in [0.717, 1.165) is 37.3 Å². The first kappa shape index (κ1) is 18.4. The third-order valence-electron chi connectivity index (χ3n) is 6.79. The Labute approximate surface area is 171 Å². The van der Waals surface area contributed by atoms with Crippen LogP contribution in [0.1, 0.15) is 41.8 Å². The number of aromatic nitrogens is 3. The third kappa shape index (κ3) is 2.89. The van der Waals surface area contributed by atoms with E-state index in [2.05, 4.69) is 58.2 Å². The predicted octanol–water partition coefficient (Wildman–Crippen LogP) is 3.44. The lowest BCUT2D eigenvalue weighted by Crippen LogP contribution is -2.55. The van der Waals surface area contributed by atoms with Crippen LogP contribution in [0.15, 0.2) is 30.5 Å². The van der Waals surface area contributed by atoms with Gasteiger partial charge >= 0.3 is 6.03 Å². The Kier molecular flexibility index (Phi) is 4.28. The van der Waals surface area contributed by atoms with Crippen molar-refractivity contribution in [1.29, 1.82) is 0 Å². The van der Waals surface area contributed by atoms with Gasteiger partial charge in [-0.1, -0.05) is 12.1 Å². The van der Waals surface area contributed by atoms with E-state index >= 15 is 0 Å². The number of rotatable bonds is 2. The zero-order valence-corrected chi connectivity index (χ0v) is 17.6. The van der Waals surface area contributed by atoms with E-state index in [1.165, 1.54) is 26.7 Å². The Morgan fingerprint density at radius 3 is 2.86 bits per heavy atom. The summed E-state index contributed by atoms with van der Waals surface area (Å²) in [7, 11) is 2.20. The molecule has 152 valence electrons. The summed E-state index contributed by atoms with van der Waals surface area (Å²) in [5.41, 5.74) is 5.99. The van der Waals surface area contributed by atoms with Crippen molar-refractivity contribution < 1.29 is 4.79 Å². The average molecular weight is 392 g/mol. The zero-order chi connectivity index (χ0) is 20.3. The molecular formula is C23H29N5O. The number of likely N-dealkylation sites (tertiary alicyclic amines) is 1. The van der Waals surface area contributed by atoms with Gasteiger partial charge in [-0.15, -0.1) is 0 Å². The first-order valence-corrected chi connectivity index (χ1v) is 10.6. The van der Waals surface area contributed by atoms with E-state index in [9.17, 15) is 4.79 Å². The normalized spacial score (nSPS) is 23.9. The molecule has 0 bridgehead atoms. The smallest absolute Gasteiger partial charge is 0.342 e. The number of piperidine rings is 1. The number of hydrogen-bond donors (Lipinski definition) is 1. The van der Waals surface area contributed by atoms with E-state index in [-0.39, 0.29) is 12.1 Å². The van der Waals surface area contributed by atoms with Crippen LogP contribution in [0.25, 0.3) is 10.9 Å². The van der Waals surface area contributed by atoms with E-state index < -0.39 is 0 Å². The molecular weight excluding hydrogens is 362 g/mol. The second kappa shape index (κ2) is 6.73. The molecule has 1 amide bonds. The van der Waals surface area contributed by atoms with Gasteiger partial charge in [-0.3, -0.25) is 0 Å². The van der Waals surface area contributed by atoms with Gasteiger partial charge in [-0.05, 0) is 63.9 Å². The highest BCUT2D eigenvalue weighted by Gasteiger charge is 2.40. The van der Waals surface area contributed by atoms with Crippen LogP contribution < -0.4 is 5.32 Å². The molecule has 0 saturated carbocycles. The van der Waals surface area contributed by atoms with Gasteiger partial charge < -0.3 is 14.8 Å². The number of aryl methyl sites for hydroxylation is 3. The summed E-state index contributed by atoms with van der Waals surface area (Å²) in [4.78, 5) is 15.2. The van der Waals surface area contributed by atoms with Crippen molar-refractivity contribution in [2.45, 2.75) is 58.2 Å². The van der Waals surface area contributed by atoms with Gasteiger partial charge in [0.15, 0.2) is 0 Å². The number of fused-ring (bicyclic) bond motifs is 2. The lowest BCUT2D eigenvalue weighted by Gasteiger charge is -2.45. The maximum absolute atomic E-state index is 12.8. The van der Waals surface area contributed by atoms with Crippen molar-refractivity contribution in [1.82, 2.24) is 24.6 Å². The highest BCUT2D eigenvalue weighted by molar-refractivity contribution is 5.89. The lowest BCUT2D eigenvalue weighted by atomic mass is 9.74. The number of hydrogen-bond acceptors (Lipinski definition) is 3. The van der Waals surface area contributed by atoms with Gasteiger partial charge in [0.05, 0.1) is 5.69 Å². The average Bonchev–Trinajstić information content (AvgIpc) is 3.23. The van der Waals surface area contributed by atoms with Gasteiger partial charge in [0, 0.05) is 53.9 Å². The van der Waals surface area contributed by atoms with E-state index in [1.54, 1.807) is 0 Å². The third-order valence-corrected chi connectivity index (χ3v) is 6.79. The fourth-order valence-corrected chi connectivity index (χ4v) is 5.56. The molecule has 1 aliphatic carbocycles. The van der Waals surface area contributed by atoms with Crippen molar-refractivity contribution >= 4 is 16.9 Å². The molecule has 3 unspecified atom stereocenters. The number of nitrogens with one attached hydrogen (secondary N) is 1. The quantitative estimate of drug-likeness (QED) is 0.728. The molecule has 1 aliphatic heterocycles. The topological polar surface area (TPSA) is 55.1 Å². The molecule has 1 fully saturated rings. The summed E-state index contributed by atoms with van der Waals surface area (Å²) < 4.78 is 3.86. The monoisotopic (exact) mass is 391 g/mol. The zero-order valence-electron chi connectivity index (χ0n) is 17.6. The maximum Gasteiger partial charge on any atom is 0.342 e. The molecule has 2 aliphatic rings. The van der Waals surface area contributed by atoms with E-state index in [0.29, 0.717) is 12.0 Å². The summed E-state index contributed by atoms with van der Waals surface area (Å²) in [6.45, 7) is 7.90. The SMILES string of the molecule is CCn1cc2c3c(cccc31)C1CC(NC(=O)n3nc(C)cc3C)CN(C)C1C2. The highest BCUT2D eigenvalue weighted by atomic mass is 16.2. The second-order valence-electron chi connectivity index (χ2n) is 8.72. The van der Waals surface area contributed by atoms with Gasteiger partial charge in [0.25, 0.3) is 0 Å². The highest BCUT2D eigenvalue weighted by Crippen LogP contribution is 2.43. The van der Waals surface area contributed by atoms with Crippen LogP contribution in [-0.4, -0.2) is 51.0 Å². The minimum absolute atomic E-state index is 0.114. The molecule has 6 heteroatoms. The van der Waals surface area contributed by atoms with Crippen molar-refractivity contribution in [3.63, 3.8) is 0 Å². The number of nitrogens with zero attached hydrogens (tertiary/aromatic N) is 4. The largest absolute Gasteiger partial charge is 0.347 e. The van der Waals surface area contributed by atoms with Crippen molar-refractivity contribution in [2.24, 2.45) is 0 Å². The summed E-state index contributed by atoms with van der Waals surface area (Å²) in [5, 5.41) is 9.02. The molecule has 0 spiro atoms. The minimum atomic E-state index is -0.126. The molecule has 2 aromatic heterocycles. The number of likely N-dealkylation sites (N-methyl/N-ethyl adjacent to an activating group) is 1. The summed E-state index contributed by atoms with van der Waals surface area (Å²) in [5.74, 6) is 0.434. The molecule has 3 atom stereocenters. The summed E-state index contributed by atoms with van der Waals surface area (Å²) in [6, 6.07) is 9.13. The Balaban J connectivity index is 1.45. The molecule has 0 radical (unpaired) electrons. The Morgan fingerprint density at radius 2 is 2.14 bits per heavy atom. The fourth-order valence-electron chi connectivity index (χ4n) is 5.56. The molecule has 1 N–H and O–H groups in total. The van der Waals surface area contributed by atoms with Crippen LogP contribution in [0, 0.1) is 13.8 Å². The van der Waals surface area contributed by atoms with Crippen LogP contribution in [0.2, 0.25) is 0 Å². The van der Waals surface area contributed by atoms with Gasteiger partial charge in [0.1, 0.15) is 0 Å². The van der Waals surface area contributed by atoms with Crippen molar-refractivity contribution in [2.75, 3.05) is 13.6 Å². The first-order valence-electron chi connectivity index (χ1n) is 10.6. The predicted molar refractivity (Wildman–Crippen MR) is 115 cm³/mol. The van der Waals surface area contributed by atoms with Gasteiger partial charge in [-0.2, -0.15) is 9.78 Å². The lowest BCUT2D eigenvalue weighted by molar-refractivity contribution is 0.128. The Morgan fingerprint density at radius 1 is 1.31 bits per heavy atom. The molecule has 5 rings (SSSR count). The molecule has 1 aromatic carbocycles. The van der Waals surface area contributed by atoms with Crippen LogP contribution >= 0.6 is 0 Å². The van der Waals surface area contributed by atoms with Crippen LogP contribution in [-0.2, 0) is 13.0 Å². The first-order chi connectivity index (χ1) is 14.0. The second-order valence-corrected chi connectivity index (χ2v) is 8.72. The fraction of sp³-hybridized carbons (Fsp3) is 0.478. The van der Waals surface area contributed by atoms with Gasteiger partial charge in [0.2, 0.25) is 0 Å². The van der Waals surface area contributed by atoms with Gasteiger partial charge in [-0.25, -0.2) is 4.79 Å². The molecule has 1 saturated heterocycles. The van der Waals surface area contributed by atoms with E-state index in [1.807, 2.05) is 19.9 Å². The molecule has 3 heterocycles. The maximum atomic E-state index is 12.8. The summed E-state index contributed by atoms with van der Waals surface area (Å²) in [6.07, 6.45) is 4.39. The van der Waals surface area contributed by atoms with Crippen molar-refractivity contribution in [3.8, 4) is 0 Å². The molecule has 6 nitrogen and oxygen atoms in total. The standard InChI is InChI=1S/C23H29N5O/c1-5-27-12-16-10-21-19(18-7-6-8-20(27)22(16)18)11-17(13-26(21)4)24-23(29)28-15(3)9-14(2)25-28/h6-9,12,17,19,21H,5,10-11,13H2,1-4H3,(H,24,29). The molecule has 29 heavy (non-hydrogen) atoms. The van der Waals surface area contributed by atoms with Crippen LogP contribution in [0.3, 0.4) is 0 Å². The molecule has 3 aromatic rings. The number of carbonyl (C=O) groups is 1. The van der Waals surface area contributed by atoms with Crippen LogP contribution in [0.4, 0.5) is 4.79 Å². The number of benzene rings is 1. The Bertz CT molecular complexity index is 1090. The number of carbonyl (C=O) groups excluding carboxylic acids is 1. The Hall–Kier alpha value is -2.60. The van der Waals surface area contributed by atoms with E-state index in [4.69, 9.17) is 0 Å².